The van der Waals surface area contributed by atoms with Gasteiger partial charge in [-0.25, -0.2) is 9.97 Å². The molecule has 8 nitrogen and oxygen atoms in total. The second-order valence-electron chi connectivity index (χ2n) is 10.9. The van der Waals surface area contributed by atoms with E-state index in [1.165, 1.54) is 12.0 Å². The smallest absolute Gasteiger partial charge is 0.145 e. The van der Waals surface area contributed by atoms with Crippen LogP contribution in [0.5, 0.6) is 11.5 Å². The third-order valence-corrected chi connectivity index (χ3v) is 8.14. The van der Waals surface area contributed by atoms with Crippen molar-refractivity contribution < 1.29 is 4.74 Å². The van der Waals surface area contributed by atoms with Crippen LogP contribution in [0.25, 0.3) is 11.0 Å². The van der Waals surface area contributed by atoms with Crippen LogP contribution < -0.4 is 15.4 Å². The maximum atomic E-state index is 5.98. The van der Waals surface area contributed by atoms with Gasteiger partial charge < -0.3 is 24.8 Å². The lowest BCUT2D eigenvalue weighted by molar-refractivity contribution is 0.394. The normalized spacial score (nSPS) is 17.0. The van der Waals surface area contributed by atoms with E-state index in [1.807, 2.05) is 56.7 Å². The molecule has 0 saturated heterocycles. The van der Waals surface area contributed by atoms with Crippen molar-refractivity contribution in [2.24, 2.45) is 10.9 Å². The summed E-state index contributed by atoms with van der Waals surface area (Å²) in [6.07, 6.45) is 12.2. The molecule has 8 heteroatoms. The fraction of sp³-hybridized carbons (Fsp3) is 0.382. The molecule has 4 aromatic rings. The third-order valence-electron chi connectivity index (χ3n) is 8.14. The maximum Gasteiger partial charge on any atom is 0.145 e. The molecule has 220 valence electrons. The van der Waals surface area contributed by atoms with Gasteiger partial charge in [-0.05, 0) is 93.2 Å². The highest BCUT2D eigenvalue weighted by Gasteiger charge is 2.29. The van der Waals surface area contributed by atoms with Gasteiger partial charge in [0.15, 0.2) is 0 Å². The Hall–Kier alpha value is -4.17. The van der Waals surface area contributed by atoms with Crippen LogP contribution in [-0.2, 0) is 6.42 Å². The number of aliphatic imine (C=N–C) groups is 1. The molecular formula is C34H43N7O. The molecule has 1 saturated carbocycles. The van der Waals surface area contributed by atoms with Crippen LogP contribution in [0.1, 0.15) is 43.7 Å². The van der Waals surface area contributed by atoms with Gasteiger partial charge in [-0.3, -0.25) is 4.99 Å². The van der Waals surface area contributed by atoms with Crippen molar-refractivity contribution in [3.8, 4) is 11.5 Å². The quantitative estimate of drug-likeness (QED) is 0.101. The molecule has 1 aliphatic rings. The number of hydrogen-bond acceptors (Lipinski definition) is 6. The number of aromatic nitrogens is 3. The molecule has 1 aliphatic carbocycles. The Kier molecular flexibility index (Phi) is 10.2. The van der Waals surface area contributed by atoms with Crippen LogP contribution in [0.15, 0.2) is 91.0 Å². The number of nitrogens with zero attached hydrogens (tertiary/aromatic N) is 5. The highest BCUT2D eigenvalue weighted by Crippen LogP contribution is 2.37. The number of fused-ring (bicyclic) bond motifs is 1. The van der Waals surface area contributed by atoms with Gasteiger partial charge in [0, 0.05) is 39.3 Å². The van der Waals surface area contributed by atoms with E-state index in [1.54, 1.807) is 6.33 Å². The Morgan fingerprint density at radius 2 is 1.95 bits per heavy atom. The van der Waals surface area contributed by atoms with Gasteiger partial charge in [0.05, 0.1) is 5.39 Å². The molecule has 5 rings (SSSR count). The minimum atomic E-state index is 0.454. The first-order valence-corrected chi connectivity index (χ1v) is 15.0. The van der Waals surface area contributed by atoms with Gasteiger partial charge in [0.1, 0.15) is 35.1 Å². The van der Waals surface area contributed by atoms with E-state index >= 15 is 0 Å². The van der Waals surface area contributed by atoms with Crippen molar-refractivity contribution in [3.63, 3.8) is 0 Å². The molecule has 0 amide bonds. The zero-order valence-corrected chi connectivity index (χ0v) is 24.9. The predicted octanol–water partition coefficient (Wildman–Crippen LogP) is 6.69. The molecule has 0 spiro atoms. The molecule has 42 heavy (non-hydrogen) atoms. The zero-order valence-electron chi connectivity index (χ0n) is 24.9. The summed E-state index contributed by atoms with van der Waals surface area (Å²) in [6, 6.07) is 20.8. The standard InChI is InChI=1S/C34H43N7O/c1-4-40(24-27-15-16-28(22-27)41-21-18-31-33(36-3)38-25-39-34(31)41)32(35-2)14-9-19-37-20-17-26-10-8-13-30(23-26)42-29-11-6-5-7-12-29/h4-8,10-13,18,21,23,25,27-28,37H,1,9,14-17,19-20,22,24H2,2-3H3,(H,36,38,39). The lowest BCUT2D eigenvalue weighted by Gasteiger charge is -2.25. The zero-order chi connectivity index (χ0) is 29.1. The first kappa shape index (κ1) is 29.3. The van der Waals surface area contributed by atoms with Crippen LogP contribution in [0.2, 0.25) is 0 Å². The predicted molar refractivity (Wildman–Crippen MR) is 172 cm³/mol. The van der Waals surface area contributed by atoms with E-state index in [0.717, 1.165) is 85.9 Å². The number of hydrogen-bond donors (Lipinski definition) is 2. The number of anilines is 1. The van der Waals surface area contributed by atoms with Crippen LogP contribution in [0.3, 0.4) is 0 Å². The van der Waals surface area contributed by atoms with E-state index in [2.05, 4.69) is 72.1 Å². The van der Waals surface area contributed by atoms with Crippen molar-refractivity contribution in [2.75, 3.05) is 39.0 Å². The van der Waals surface area contributed by atoms with Crippen LogP contribution in [-0.4, -0.2) is 59.0 Å². The average Bonchev–Trinajstić information content (AvgIpc) is 3.67. The first-order valence-electron chi connectivity index (χ1n) is 15.0. The summed E-state index contributed by atoms with van der Waals surface area (Å²) in [5.41, 5.74) is 2.28. The van der Waals surface area contributed by atoms with E-state index in [9.17, 15) is 0 Å². The Balaban J connectivity index is 1.04. The van der Waals surface area contributed by atoms with Crippen molar-refractivity contribution in [2.45, 2.75) is 44.6 Å². The minimum absolute atomic E-state index is 0.454. The summed E-state index contributed by atoms with van der Waals surface area (Å²) in [5.74, 6) is 4.31. The summed E-state index contributed by atoms with van der Waals surface area (Å²) >= 11 is 0. The molecule has 2 unspecified atom stereocenters. The monoisotopic (exact) mass is 565 g/mol. The molecule has 0 bridgehead atoms. The highest BCUT2D eigenvalue weighted by atomic mass is 16.5. The van der Waals surface area contributed by atoms with Crippen LogP contribution in [0.4, 0.5) is 5.82 Å². The van der Waals surface area contributed by atoms with E-state index in [-0.39, 0.29) is 0 Å². The third kappa shape index (κ3) is 7.36. The van der Waals surface area contributed by atoms with E-state index in [4.69, 9.17) is 4.74 Å². The Morgan fingerprint density at radius 3 is 2.76 bits per heavy atom. The average molecular weight is 566 g/mol. The molecule has 1 fully saturated rings. The molecule has 2 atom stereocenters. The van der Waals surface area contributed by atoms with Gasteiger partial charge >= 0.3 is 0 Å². The minimum Gasteiger partial charge on any atom is -0.457 e. The van der Waals surface area contributed by atoms with Gasteiger partial charge in [-0.1, -0.05) is 36.9 Å². The Labute approximate surface area is 249 Å². The van der Waals surface area contributed by atoms with Gasteiger partial charge in [-0.15, -0.1) is 0 Å². The summed E-state index contributed by atoms with van der Waals surface area (Å²) in [5, 5.41) is 7.85. The summed E-state index contributed by atoms with van der Waals surface area (Å²) in [4.78, 5) is 15.8. The number of amidine groups is 1. The summed E-state index contributed by atoms with van der Waals surface area (Å²) in [7, 11) is 3.80. The molecular weight excluding hydrogens is 522 g/mol. The van der Waals surface area contributed by atoms with Crippen LogP contribution >= 0.6 is 0 Å². The van der Waals surface area contributed by atoms with Crippen molar-refractivity contribution in [1.29, 1.82) is 0 Å². The molecule has 2 aromatic heterocycles. The topological polar surface area (TPSA) is 79.6 Å². The largest absolute Gasteiger partial charge is 0.457 e. The van der Waals surface area contributed by atoms with Gasteiger partial charge in [0.25, 0.3) is 0 Å². The highest BCUT2D eigenvalue weighted by molar-refractivity contribution is 5.87. The van der Waals surface area contributed by atoms with E-state index < -0.39 is 0 Å². The number of nitrogens with one attached hydrogen (secondary N) is 2. The lowest BCUT2D eigenvalue weighted by atomic mass is 10.1. The molecule has 0 radical (unpaired) electrons. The molecule has 2 aromatic carbocycles. The fourth-order valence-corrected chi connectivity index (χ4v) is 6.00. The Bertz CT molecular complexity index is 1470. The second-order valence-corrected chi connectivity index (χ2v) is 10.9. The lowest BCUT2D eigenvalue weighted by Crippen LogP contribution is -2.31. The second kappa shape index (κ2) is 14.6. The maximum absolute atomic E-state index is 5.98. The number of rotatable bonds is 14. The van der Waals surface area contributed by atoms with Gasteiger partial charge in [-0.2, -0.15) is 0 Å². The van der Waals surface area contributed by atoms with Crippen molar-refractivity contribution in [3.05, 3.63) is 91.5 Å². The van der Waals surface area contributed by atoms with Crippen molar-refractivity contribution >= 4 is 22.7 Å². The van der Waals surface area contributed by atoms with Crippen LogP contribution in [0, 0.1) is 5.92 Å². The SMILES string of the molecule is C=CN(CC1CCC(n2ccc3c(NC)ncnc32)C1)C(CCCNCCc1cccc(Oc2ccccc2)c1)=NC. The number of para-hydroxylation sites is 1. The van der Waals surface area contributed by atoms with Crippen molar-refractivity contribution in [1.82, 2.24) is 24.8 Å². The molecule has 0 aliphatic heterocycles. The van der Waals surface area contributed by atoms with Gasteiger partial charge in [0.2, 0.25) is 0 Å². The summed E-state index contributed by atoms with van der Waals surface area (Å²) in [6.45, 7) is 6.95. The first-order chi connectivity index (χ1) is 20.7. The molecule has 2 heterocycles. The van der Waals surface area contributed by atoms with E-state index in [0.29, 0.717) is 12.0 Å². The fourth-order valence-electron chi connectivity index (χ4n) is 6.00. The number of ether oxygens (including phenoxy) is 1. The molecule has 2 N–H and O–H groups in total. The Morgan fingerprint density at radius 1 is 1.10 bits per heavy atom. The number of benzene rings is 2. The summed E-state index contributed by atoms with van der Waals surface area (Å²) < 4.78 is 8.31.